The van der Waals surface area contributed by atoms with Gasteiger partial charge in [0.1, 0.15) is 0 Å². The molecule has 1 atom stereocenters. The van der Waals surface area contributed by atoms with Crippen LogP contribution in [0.5, 0.6) is 0 Å². The third-order valence-corrected chi connectivity index (χ3v) is 4.12. The van der Waals surface area contributed by atoms with Gasteiger partial charge in [0.25, 0.3) is 0 Å². The zero-order valence-electron chi connectivity index (χ0n) is 7.53. The molecule has 1 aliphatic carbocycles. The molecule has 0 aliphatic heterocycles. The molecule has 1 aromatic carbocycles. The van der Waals surface area contributed by atoms with Crippen LogP contribution >= 0.6 is 0 Å². The highest BCUT2D eigenvalue weighted by atomic mass is 32.2. The van der Waals surface area contributed by atoms with Crippen LogP contribution in [0.1, 0.15) is 22.8 Å². The second-order valence-electron chi connectivity index (χ2n) is 3.56. The highest BCUT2D eigenvalue weighted by molar-refractivity contribution is 7.90. The molecule has 0 saturated heterocycles. The van der Waals surface area contributed by atoms with Crippen LogP contribution in [-0.4, -0.2) is 14.7 Å². The molecule has 0 spiro atoms. The van der Waals surface area contributed by atoms with Crippen LogP contribution in [0.15, 0.2) is 24.3 Å². The first-order valence-corrected chi connectivity index (χ1v) is 6.31. The fourth-order valence-electron chi connectivity index (χ4n) is 1.96. The topological polar surface area (TPSA) is 34.1 Å². The molecule has 1 aliphatic rings. The van der Waals surface area contributed by atoms with Gasteiger partial charge in [-0.05, 0) is 24.0 Å². The second kappa shape index (κ2) is 2.84. The van der Waals surface area contributed by atoms with Crippen molar-refractivity contribution in [1.82, 2.24) is 0 Å². The smallest absolute Gasteiger partial charge is 0.154 e. The van der Waals surface area contributed by atoms with Crippen molar-refractivity contribution in [1.29, 1.82) is 0 Å². The van der Waals surface area contributed by atoms with Crippen molar-refractivity contribution in [3.05, 3.63) is 35.4 Å². The van der Waals surface area contributed by atoms with E-state index in [9.17, 15) is 8.42 Å². The molecule has 2 rings (SSSR count). The third kappa shape index (κ3) is 1.48. The molecule has 13 heavy (non-hydrogen) atoms. The summed E-state index contributed by atoms with van der Waals surface area (Å²) in [6.07, 6.45) is 2.96. The lowest BCUT2D eigenvalue weighted by molar-refractivity contribution is 0.587. The number of fused-ring (bicyclic) bond motifs is 1. The van der Waals surface area contributed by atoms with Crippen LogP contribution in [0.4, 0.5) is 0 Å². The molecule has 0 fully saturated rings. The van der Waals surface area contributed by atoms with Gasteiger partial charge in [-0.15, -0.1) is 0 Å². The van der Waals surface area contributed by atoms with Crippen LogP contribution in [0.25, 0.3) is 0 Å². The van der Waals surface area contributed by atoms with Gasteiger partial charge in [-0.1, -0.05) is 24.3 Å². The summed E-state index contributed by atoms with van der Waals surface area (Å²) in [5.41, 5.74) is 2.20. The van der Waals surface area contributed by atoms with Crippen molar-refractivity contribution >= 4 is 9.84 Å². The molecular formula is C10H12O2S. The fourth-order valence-corrected chi connectivity index (χ4v) is 3.20. The van der Waals surface area contributed by atoms with Crippen LogP contribution in [0, 0.1) is 0 Å². The largest absolute Gasteiger partial charge is 0.228 e. The van der Waals surface area contributed by atoms with E-state index in [-0.39, 0.29) is 5.25 Å². The van der Waals surface area contributed by atoms with Gasteiger partial charge in [-0.25, -0.2) is 8.42 Å². The summed E-state index contributed by atoms with van der Waals surface area (Å²) >= 11 is 0. The molecule has 0 bridgehead atoms. The Kier molecular flexibility index (Phi) is 1.91. The number of benzene rings is 1. The number of sulfone groups is 1. The molecule has 0 aromatic heterocycles. The number of aryl methyl sites for hydroxylation is 1. The first-order chi connectivity index (χ1) is 6.09. The van der Waals surface area contributed by atoms with Gasteiger partial charge in [-0.3, -0.25) is 0 Å². The van der Waals surface area contributed by atoms with Crippen molar-refractivity contribution in [2.24, 2.45) is 0 Å². The van der Waals surface area contributed by atoms with Gasteiger partial charge in [0.2, 0.25) is 0 Å². The molecule has 2 nitrogen and oxygen atoms in total. The zero-order valence-corrected chi connectivity index (χ0v) is 8.34. The Morgan fingerprint density at radius 2 is 2.00 bits per heavy atom. The molecule has 0 saturated carbocycles. The molecule has 70 valence electrons. The lowest BCUT2D eigenvalue weighted by Gasteiger charge is -2.07. The van der Waals surface area contributed by atoms with Crippen molar-refractivity contribution in [2.45, 2.75) is 18.1 Å². The standard InChI is InChI=1S/C10H12O2S/c1-13(11,12)10-7-6-8-4-2-3-5-9(8)10/h2-5,10H,6-7H2,1H3. The quantitative estimate of drug-likeness (QED) is 0.685. The molecule has 0 radical (unpaired) electrons. The first-order valence-electron chi connectivity index (χ1n) is 4.36. The molecule has 1 aromatic rings. The maximum absolute atomic E-state index is 11.4. The Bertz CT molecular complexity index is 420. The van der Waals surface area contributed by atoms with E-state index in [0.29, 0.717) is 0 Å². The normalized spacial score (nSPS) is 21.5. The summed E-state index contributed by atoms with van der Waals surface area (Å²) in [5.74, 6) is 0. The summed E-state index contributed by atoms with van der Waals surface area (Å²) in [6, 6.07) is 7.81. The minimum atomic E-state index is -2.92. The van der Waals surface area contributed by atoms with Gasteiger partial charge >= 0.3 is 0 Å². The predicted molar refractivity (Wildman–Crippen MR) is 52.3 cm³/mol. The molecule has 1 unspecified atom stereocenters. The van der Waals surface area contributed by atoms with Crippen LogP contribution in [-0.2, 0) is 16.3 Å². The predicted octanol–water partition coefficient (Wildman–Crippen LogP) is 1.72. The summed E-state index contributed by atoms with van der Waals surface area (Å²) in [7, 11) is -2.92. The summed E-state index contributed by atoms with van der Waals surface area (Å²) < 4.78 is 22.8. The lowest BCUT2D eigenvalue weighted by Crippen LogP contribution is -2.07. The van der Waals surface area contributed by atoms with Crippen molar-refractivity contribution in [3.63, 3.8) is 0 Å². The van der Waals surface area contributed by atoms with Crippen molar-refractivity contribution in [2.75, 3.05) is 6.26 Å². The maximum atomic E-state index is 11.4. The van der Waals surface area contributed by atoms with E-state index in [0.717, 1.165) is 18.4 Å². The van der Waals surface area contributed by atoms with E-state index in [1.165, 1.54) is 11.8 Å². The molecule has 0 N–H and O–H groups in total. The number of rotatable bonds is 1. The van der Waals surface area contributed by atoms with Crippen molar-refractivity contribution in [3.8, 4) is 0 Å². The molecule has 0 heterocycles. The van der Waals surface area contributed by atoms with E-state index in [2.05, 4.69) is 0 Å². The fraction of sp³-hybridized carbons (Fsp3) is 0.400. The Hall–Kier alpha value is -0.830. The van der Waals surface area contributed by atoms with Gasteiger partial charge in [0.15, 0.2) is 9.84 Å². The average molecular weight is 196 g/mol. The highest BCUT2D eigenvalue weighted by Crippen LogP contribution is 2.36. The van der Waals surface area contributed by atoms with E-state index >= 15 is 0 Å². The van der Waals surface area contributed by atoms with Gasteiger partial charge in [-0.2, -0.15) is 0 Å². The Morgan fingerprint density at radius 3 is 2.69 bits per heavy atom. The zero-order chi connectivity index (χ0) is 9.47. The summed E-state index contributed by atoms with van der Waals surface area (Å²) in [6.45, 7) is 0. The van der Waals surface area contributed by atoms with Crippen molar-refractivity contribution < 1.29 is 8.42 Å². The summed E-state index contributed by atoms with van der Waals surface area (Å²) in [5, 5.41) is -0.260. The average Bonchev–Trinajstić information content (AvgIpc) is 2.45. The Balaban J connectivity index is 2.51. The van der Waals surface area contributed by atoms with Crippen LogP contribution < -0.4 is 0 Å². The molecule has 3 heteroatoms. The molecule has 0 amide bonds. The third-order valence-electron chi connectivity index (χ3n) is 2.59. The van der Waals surface area contributed by atoms with E-state index in [1.54, 1.807) is 0 Å². The maximum Gasteiger partial charge on any atom is 0.154 e. The Labute approximate surface area is 78.5 Å². The first kappa shape index (κ1) is 8.75. The number of hydrogen-bond acceptors (Lipinski definition) is 2. The molecular weight excluding hydrogens is 184 g/mol. The number of hydrogen-bond donors (Lipinski definition) is 0. The van der Waals surface area contributed by atoms with Crippen LogP contribution in [0.2, 0.25) is 0 Å². The van der Waals surface area contributed by atoms with Gasteiger partial charge < -0.3 is 0 Å². The van der Waals surface area contributed by atoms with Gasteiger partial charge in [0, 0.05) is 6.26 Å². The van der Waals surface area contributed by atoms with E-state index in [1.807, 2.05) is 24.3 Å². The Morgan fingerprint density at radius 1 is 1.31 bits per heavy atom. The van der Waals surface area contributed by atoms with Gasteiger partial charge in [0.05, 0.1) is 5.25 Å². The monoisotopic (exact) mass is 196 g/mol. The SMILES string of the molecule is CS(=O)(=O)C1CCc2ccccc21. The second-order valence-corrected chi connectivity index (χ2v) is 5.78. The summed E-state index contributed by atoms with van der Waals surface area (Å²) in [4.78, 5) is 0. The minimum absolute atomic E-state index is 0.260. The highest BCUT2D eigenvalue weighted by Gasteiger charge is 2.29. The lowest BCUT2D eigenvalue weighted by atomic mass is 10.1. The van der Waals surface area contributed by atoms with Crippen LogP contribution in [0.3, 0.4) is 0 Å². The minimum Gasteiger partial charge on any atom is -0.228 e. The van der Waals surface area contributed by atoms with E-state index < -0.39 is 9.84 Å². The van der Waals surface area contributed by atoms with E-state index in [4.69, 9.17) is 0 Å².